The zero-order chi connectivity index (χ0) is 31.2. The summed E-state index contributed by atoms with van der Waals surface area (Å²) < 4.78 is 124. The molecule has 0 radical (unpaired) electrons. The lowest BCUT2D eigenvalue weighted by atomic mass is 9.90. The summed E-state index contributed by atoms with van der Waals surface area (Å²) in [4.78, 5) is 4.01. The summed E-state index contributed by atoms with van der Waals surface area (Å²) >= 11 is 0. The molecule has 0 fully saturated rings. The molecule has 7 nitrogen and oxygen atoms in total. The van der Waals surface area contributed by atoms with E-state index in [1.165, 1.54) is 31.9 Å². The quantitative estimate of drug-likeness (QED) is 0.334. The number of aliphatic hydroxyl groups is 1. The minimum Gasteiger partial charge on any atom is -0.395 e. The highest BCUT2D eigenvalue weighted by Gasteiger charge is 2.40. The van der Waals surface area contributed by atoms with Crippen LogP contribution >= 0.6 is 0 Å². The third-order valence-electron chi connectivity index (χ3n) is 7.14. The molecular weight excluding hydrogens is 583 g/mol. The van der Waals surface area contributed by atoms with Gasteiger partial charge in [-0.2, -0.15) is 44.3 Å². The van der Waals surface area contributed by atoms with Crippen LogP contribution in [0.25, 0.3) is 0 Å². The highest BCUT2D eigenvalue weighted by molar-refractivity contribution is 5.67. The predicted molar refractivity (Wildman–Crippen MR) is 134 cm³/mol. The number of nitrogens with zero attached hydrogens (tertiary/aromatic N) is 6. The summed E-state index contributed by atoms with van der Waals surface area (Å²) in [5.41, 5.74) is -3.92. The molecule has 16 heteroatoms. The molecule has 4 rings (SSSR count). The summed E-state index contributed by atoms with van der Waals surface area (Å²) in [7, 11) is 1.41. The minimum absolute atomic E-state index is 0.00683. The number of tetrazole rings is 1. The van der Waals surface area contributed by atoms with Crippen molar-refractivity contribution in [1.29, 1.82) is 0 Å². The number of rotatable bonds is 6. The lowest BCUT2D eigenvalue weighted by Gasteiger charge is -2.34. The first-order valence-corrected chi connectivity index (χ1v) is 12.8. The molecule has 1 N–H and O–H groups in total. The molecule has 42 heavy (non-hydrogen) atoms. The first-order chi connectivity index (χ1) is 19.4. The molecule has 0 saturated heterocycles. The second-order valence-corrected chi connectivity index (χ2v) is 10.1. The Morgan fingerprint density at radius 3 is 2.05 bits per heavy atom. The third-order valence-corrected chi connectivity index (χ3v) is 7.14. The number of fused-ring (bicyclic) bond motifs is 1. The van der Waals surface area contributed by atoms with E-state index in [9.17, 15) is 44.6 Å². The summed E-state index contributed by atoms with van der Waals surface area (Å²) in [5, 5.41) is 21.5. The van der Waals surface area contributed by atoms with E-state index in [4.69, 9.17) is 0 Å². The summed E-state index contributed by atoms with van der Waals surface area (Å²) in [6.45, 7) is 1.93. The van der Waals surface area contributed by atoms with Gasteiger partial charge in [0.15, 0.2) is 0 Å². The molecule has 2 heterocycles. The highest BCUT2D eigenvalue weighted by atomic mass is 19.4. The first-order valence-electron chi connectivity index (χ1n) is 12.8. The number of aryl methyl sites for hydroxylation is 2. The van der Waals surface area contributed by atoms with Gasteiger partial charge in [-0.15, -0.1) is 5.10 Å². The second kappa shape index (κ2) is 11.3. The molecule has 1 aliphatic rings. The van der Waals surface area contributed by atoms with E-state index >= 15 is 0 Å². The number of hydrogen-bond donors (Lipinski definition) is 1. The minimum atomic E-state index is -5.08. The van der Waals surface area contributed by atoms with E-state index in [0.29, 0.717) is 24.1 Å². The standard InChI is InChI=1S/C26H27F9N6O/c1-14-9-19-20(5-4-6-40(7-8-42)22(19)15(2)21(14)26(33,34)35)41(23-36-38-39(3)37-23)13-16-10-17(24(27,28)29)12-18(11-16)25(30,31)32/h9-12,20,42H,4-8,13H2,1-3H3/t20-/m0/s1. The van der Waals surface area contributed by atoms with Gasteiger partial charge < -0.3 is 14.9 Å². The monoisotopic (exact) mass is 610 g/mol. The number of hydrogen-bond acceptors (Lipinski definition) is 6. The Kier molecular flexibility index (Phi) is 8.41. The molecule has 0 saturated carbocycles. The van der Waals surface area contributed by atoms with Gasteiger partial charge in [-0.05, 0) is 72.4 Å². The number of anilines is 2. The maximum Gasteiger partial charge on any atom is 0.416 e. The van der Waals surface area contributed by atoms with Gasteiger partial charge in [-0.1, -0.05) is 11.2 Å². The molecule has 1 aromatic heterocycles. The average Bonchev–Trinajstić information content (AvgIpc) is 3.20. The van der Waals surface area contributed by atoms with Crippen molar-refractivity contribution in [2.75, 3.05) is 29.5 Å². The van der Waals surface area contributed by atoms with Crippen molar-refractivity contribution in [1.82, 2.24) is 20.2 Å². The summed E-state index contributed by atoms with van der Waals surface area (Å²) in [6, 6.07) is 1.67. The smallest absolute Gasteiger partial charge is 0.395 e. The van der Waals surface area contributed by atoms with E-state index in [0.717, 1.165) is 4.80 Å². The summed E-state index contributed by atoms with van der Waals surface area (Å²) in [5.74, 6) is -0.134. The van der Waals surface area contributed by atoms with Crippen LogP contribution in [0.15, 0.2) is 24.3 Å². The number of benzene rings is 2. The van der Waals surface area contributed by atoms with Crippen LogP contribution in [0.1, 0.15) is 57.8 Å². The van der Waals surface area contributed by atoms with Crippen molar-refractivity contribution < 1.29 is 44.6 Å². The SMILES string of the molecule is Cc1cc2c(c(C)c1C(F)(F)F)N(CCO)CCC[C@@H]2N(Cc1cc(C(F)(F)F)cc(C(F)(F)F)c1)c1nnn(C)n1. The second-order valence-electron chi connectivity index (χ2n) is 10.1. The van der Waals surface area contributed by atoms with Crippen LogP contribution in [-0.2, 0) is 32.1 Å². The van der Waals surface area contributed by atoms with Crippen LogP contribution in [0, 0.1) is 13.8 Å². The Balaban J connectivity index is 1.94. The number of aromatic nitrogens is 4. The first kappa shape index (κ1) is 31.4. The number of halogens is 9. The Hall–Kier alpha value is -3.56. The molecule has 230 valence electrons. The van der Waals surface area contributed by atoms with Crippen molar-refractivity contribution >= 4 is 11.6 Å². The Morgan fingerprint density at radius 2 is 1.55 bits per heavy atom. The van der Waals surface area contributed by atoms with E-state index in [1.807, 2.05) is 0 Å². The number of alkyl halides is 9. The van der Waals surface area contributed by atoms with E-state index in [2.05, 4.69) is 15.4 Å². The van der Waals surface area contributed by atoms with Crippen LogP contribution in [0.5, 0.6) is 0 Å². The number of β-amino-alcohol motifs (C(OH)–C–C–N with tert-alkyl or cyclic N) is 1. The fourth-order valence-electron chi connectivity index (χ4n) is 5.54. The van der Waals surface area contributed by atoms with Crippen molar-refractivity contribution in [2.24, 2.45) is 7.05 Å². The van der Waals surface area contributed by atoms with Crippen molar-refractivity contribution in [3.63, 3.8) is 0 Å². The maximum absolute atomic E-state index is 14.1. The fraction of sp³-hybridized carbons (Fsp3) is 0.500. The van der Waals surface area contributed by atoms with Crippen molar-refractivity contribution in [2.45, 2.75) is 57.8 Å². The molecule has 0 amide bonds. The van der Waals surface area contributed by atoms with E-state index in [-0.39, 0.29) is 60.5 Å². The Morgan fingerprint density at radius 1 is 0.929 bits per heavy atom. The zero-order valence-corrected chi connectivity index (χ0v) is 22.7. The van der Waals surface area contributed by atoms with Gasteiger partial charge in [0.25, 0.3) is 5.95 Å². The van der Waals surface area contributed by atoms with Crippen LogP contribution < -0.4 is 9.80 Å². The van der Waals surface area contributed by atoms with Gasteiger partial charge in [0.2, 0.25) is 0 Å². The van der Waals surface area contributed by atoms with Gasteiger partial charge in [0.1, 0.15) is 0 Å². The van der Waals surface area contributed by atoms with Gasteiger partial charge >= 0.3 is 18.5 Å². The Labute approximate surface area is 234 Å². The van der Waals surface area contributed by atoms with Gasteiger partial charge in [0.05, 0.1) is 36.4 Å². The fourth-order valence-corrected chi connectivity index (χ4v) is 5.54. The average molecular weight is 611 g/mol. The lowest BCUT2D eigenvalue weighted by Crippen LogP contribution is -2.32. The predicted octanol–water partition coefficient (Wildman–Crippen LogP) is 6.22. The van der Waals surface area contributed by atoms with Crippen LogP contribution in [-0.4, -0.2) is 45.0 Å². The molecule has 1 atom stereocenters. The molecule has 0 bridgehead atoms. The van der Waals surface area contributed by atoms with Crippen molar-refractivity contribution in [3.8, 4) is 0 Å². The van der Waals surface area contributed by atoms with Crippen LogP contribution in [0.2, 0.25) is 0 Å². The normalized spacial score (nSPS) is 16.4. The highest BCUT2D eigenvalue weighted by Crippen LogP contribution is 2.46. The van der Waals surface area contributed by atoms with E-state index < -0.39 is 47.8 Å². The molecule has 0 spiro atoms. The van der Waals surface area contributed by atoms with Gasteiger partial charge in [-0.3, -0.25) is 0 Å². The molecular formula is C26H27F9N6O. The molecule has 0 unspecified atom stereocenters. The maximum atomic E-state index is 14.1. The summed E-state index contributed by atoms with van der Waals surface area (Å²) in [6.07, 6.45) is -14.2. The zero-order valence-electron chi connectivity index (χ0n) is 22.7. The topological polar surface area (TPSA) is 70.3 Å². The largest absolute Gasteiger partial charge is 0.416 e. The molecule has 1 aliphatic heterocycles. The van der Waals surface area contributed by atoms with Gasteiger partial charge in [0, 0.05) is 25.3 Å². The Bertz CT molecular complexity index is 1400. The van der Waals surface area contributed by atoms with Crippen LogP contribution in [0.3, 0.4) is 0 Å². The molecule has 0 aliphatic carbocycles. The van der Waals surface area contributed by atoms with Crippen molar-refractivity contribution in [3.05, 3.63) is 63.2 Å². The van der Waals surface area contributed by atoms with Crippen LogP contribution in [0.4, 0.5) is 51.1 Å². The van der Waals surface area contributed by atoms with E-state index in [1.54, 1.807) is 4.90 Å². The van der Waals surface area contributed by atoms with Gasteiger partial charge in [-0.25, -0.2) is 0 Å². The third kappa shape index (κ3) is 6.42. The molecule has 2 aromatic carbocycles. The lowest BCUT2D eigenvalue weighted by molar-refractivity contribution is -0.143. The molecule has 3 aromatic rings. The number of aliphatic hydroxyl groups excluding tert-OH is 1.